The molecule has 1 amide bonds. The van der Waals surface area contributed by atoms with Gasteiger partial charge < -0.3 is 10.4 Å². The van der Waals surface area contributed by atoms with Gasteiger partial charge in [0.1, 0.15) is 0 Å². The third-order valence-electron chi connectivity index (χ3n) is 3.62. The number of benzene rings is 1. The zero-order valence-corrected chi connectivity index (χ0v) is 10.2. The first-order chi connectivity index (χ1) is 9.16. The van der Waals surface area contributed by atoms with Gasteiger partial charge in [0.2, 0.25) is 0 Å². The van der Waals surface area contributed by atoms with E-state index in [0.29, 0.717) is 17.7 Å². The molecule has 2 N–H and O–H groups in total. The predicted octanol–water partition coefficient (Wildman–Crippen LogP) is 2.21. The Morgan fingerprint density at radius 3 is 2.32 bits per heavy atom. The number of carboxylic acids is 1. The lowest BCUT2D eigenvalue weighted by molar-refractivity contribution is -0.133. The highest BCUT2D eigenvalue weighted by atomic mass is 16.4. The van der Waals surface area contributed by atoms with Crippen molar-refractivity contribution in [3.8, 4) is 0 Å². The van der Waals surface area contributed by atoms with Crippen LogP contribution in [-0.2, 0) is 9.59 Å². The van der Waals surface area contributed by atoms with Crippen molar-refractivity contribution >= 4 is 17.6 Å². The summed E-state index contributed by atoms with van der Waals surface area (Å²) in [5.74, 6) is -1.46. The smallest absolute Gasteiger partial charge is 0.332 e. The van der Waals surface area contributed by atoms with E-state index in [9.17, 15) is 14.7 Å². The van der Waals surface area contributed by atoms with Gasteiger partial charge in [0, 0.05) is 23.1 Å². The number of hydrogen-bond acceptors (Lipinski definition) is 2. The topological polar surface area (TPSA) is 66.4 Å². The number of amides is 1. The molecule has 0 saturated carbocycles. The van der Waals surface area contributed by atoms with Gasteiger partial charge in [0.25, 0.3) is 5.91 Å². The molecule has 0 saturated heterocycles. The second-order valence-corrected chi connectivity index (χ2v) is 4.79. The second-order valence-electron chi connectivity index (χ2n) is 4.79. The second kappa shape index (κ2) is 4.39. The number of carbonyl (C=O) groups excluding carboxylic acids is 1. The Bertz CT molecular complexity index is 601. The first-order valence-corrected chi connectivity index (χ1v) is 6.19. The minimum atomic E-state index is -0.991. The molecule has 96 valence electrons. The van der Waals surface area contributed by atoms with E-state index in [1.54, 1.807) is 12.1 Å². The number of carboxylic acid groups (broad SMARTS) is 1. The van der Waals surface area contributed by atoms with Crippen LogP contribution in [0, 0.1) is 11.8 Å². The van der Waals surface area contributed by atoms with Gasteiger partial charge in [-0.25, -0.2) is 4.79 Å². The van der Waals surface area contributed by atoms with Gasteiger partial charge in [-0.3, -0.25) is 4.79 Å². The number of carbonyl (C=O) groups is 2. The van der Waals surface area contributed by atoms with E-state index in [1.165, 1.54) is 0 Å². The number of para-hydroxylation sites is 1. The molecule has 0 fully saturated rings. The first kappa shape index (κ1) is 11.7. The molecule has 2 aliphatic carbocycles. The van der Waals surface area contributed by atoms with Gasteiger partial charge in [-0.05, 0) is 18.6 Å². The molecule has 0 aliphatic heterocycles. The summed E-state index contributed by atoms with van der Waals surface area (Å²) in [4.78, 5) is 23.5. The maximum Gasteiger partial charge on any atom is 0.332 e. The van der Waals surface area contributed by atoms with Crippen LogP contribution in [0.25, 0.3) is 0 Å². The Hall–Kier alpha value is -2.36. The summed E-state index contributed by atoms with van der Waals surface area (Å²) < 4.78 is 0. The zero-order valence-electron chi connectivity index (χ0n) is 10.2. The average Bonchev–Trinajstić information content (AvgIpc) is 2.99. The van der Waals surface area contributed by atoms with Crippen molar-refractivity contribution in [3.05, 3.63) is 53.6 Å². The van der Waals surface area contributed by atoms with Gasteiger partial charge in [-0.15, -0.1) is 0 Å². The Kier molecular flexibility index (Phi) is 2.71. The number of aliphatic carboxylic acids is 1. The Labute approximate surface area is 110 Å². The van der Waals surface area contributed by atoms with Crippen molar-refractivity contribution in [2.24, 2.45) is 11.8 Å². The van der Waals surface area contributed by atoms with E-state index in [4.69, 9.17) is 0 Å². The molecule has 2 aliphatic rings. The SMILES string of the molecule is O=C(O)C1=C(C(=O)Nc2ccccc2)[C@@H]2C=C[C@@H]1C2. The highest BCUT2D eigenvalue weighted by molar-refractivity contribution is 6.10. The highest BCUT2D eigenvalue weighted by Gasteiger charge is 2.41. The Morgan fingerprint density at radius 2 is 1.68 bits per heavy atom. The van der Waals surface area contributed by atoms with Gasteiger partial charge in [0.05, 0.1) is 5.57 Å². The molecule has 4 nitrogen and oxygen atoms in total. The molecule has 0 unspecified atom stereocenters. The standard InChI is InChI=1S/C15H13NO3/c17-14(16-11-4-2-1-3-5-11)12-9-6-7-10(8-9)13(12)15(18)19/h1-7,9-10H,8H2,(H,16,17)(H,18,19)/t9-,10-/m1/s1. The average molecular weight is 255 g/mol. The van der Waals surface area contributed by atoms with Crippen LogP contribution in [0.15, 0.2) is 53.6 Å². The van der Waals surface area contributed by atoms with Gasteiger partial charge >= 0.3 is 5.97 Å². The van der Waals surface area contributed by atoms with Crippen LogP contribution in [0.2, 0.25) is 0 Å². The van der Waals surface area contributed by atoms with Crippen molar-refractivity contribution in [1.29, 1.82) is 0 Å². The van der Waals surface area contributed by atoms with Gasteiger partial charge in [-0.2, -0.15) is 0 Å². The monoisotopic (exact) mass is 255 g/mol. The van der Waals surface area contributed by atoms with Crippen LogP contribution in [0.5, 0.6) is 0 Å². The van der Waals surface area contributed by atoms with Crippen LogP contribution >= 0.6 is 0 Å². The summed E-state index contributed by atoms with van der Waals surface area (Å²) in [5, 5.41) is 12.0. The summed E-state index contributed by atoms with van der Waals surface area (Å²) in [7, 11) is 0. The van der Waals surface area contributed by atoms with Crippen molar-refractivity contribution in [2.75, 3.05) is 5.32 Å². The summed E-state index contributed by atoms with van der Waals surface area (Å²) in [6, 6.07) is 9.06. The zero-order chi connectivity index (χ0) is 13.4. The van der Waals surface area contributed by atoms with E-state index in [2.05, 4.69) is 5.32 Å². The molecule has 0 aromatic heterocycles. The van der Waals surface area contributed by atoms with Gasteiger partial charge in [-0.1, -0.05) is 30.4 Å². The highest BCUT2D eigenvalue weighted by Crippen LogP contribution is 2.44. The molecule has 1 aromatic carbocycles. The quantitative estimate of drug-likeness (QED) is 0.814. The third-order valence-corrected chi connectivity index (χ3v) is 3.62. The van der Waals surface area contributed by atoms with E-state index in [0.717, 1.165) is 0 Å². The normalized spacial score (nSPS) is 23.8. The summed E-state index contributed by atoms with van der Waals surface area (Å²) in [6.45, 7) is 0. The van der Waals surface area contributed by atoms with Crippen LogP contribution in [0.3, 0.4) is 0 Å². The molecule has 0 heterocycles. The molecular weight excluding hydrogens is 242 g/mol. The predicted molar refractivity (Wildman–Crippen MR) is 70.5 cm³/mol. The lowest BCUT2D eigenvalue weighted by Crippen LogP contribution is -2.21. The largest absolute Gasteiger partial charge is 0.478 e. The molecule has 19 heavy (non-hydrogen) atoms. The third kappa shape index (κ3) is 1.95. The van der Waals surface area contributed by atoms with Crippen molar-refractivity contribution in [2.45, 2.75) is 6.42 Å². The van der Waals surface area contributed by atoms with E-state index >= 15 is 0 Å². The number of nitrogens with one attached hydrogen (secondary N) is 1. The van der Waals surface area contributed by atoms with Crippen molar-refractivity contribution < 1.29 is 14.7 Å². The van der Waals surface area contributed by atoms with Crippen molar-refractivity contribution in [3.63, 3.8) is 0 Å². The summed E-state index contributed by atoms with van der Waals surface area (Å²) in [5.41, 5.74) is 1.33. The maximum atomic E-state index is 12.3. The van der Waals surface area contributed by atoms with Crippen LogP contribution in [0.1, 0.15) is 6.42 Å². The molecule has 3 rings (SSSR count). The lowest BCUT2D eigenvalue weighted by atomic mass is 9.96. The fourth-order valence-electron chi connectivity index (χ4n) is 2.81. The number of hydrogen-bond donors (Lipinski definition) is 2. The molecule has 2 bridgehead atoms. The molecular formula is C15H13NO3. The summed E-state index contributed by atoms with van der Waals surface area (Å²) >= 11 is 0. The van der Waals surface area contributed by atoms with Crippen LogP contribution in [-0.4, -0.2) is 17.0 Å². The molecule has 0 spiro atoms. The number of anilines is 1. The van der Waals surface area contributed by atoms with Crippen LogP contribution in [0.4, 0.5) is 5.69 Å². The Balaban J connectivity index is 1.89. The number of allylic oxidation sites excluding steroid dienone is 2. The molecule has 4 heteroatoms. The lowest BCUT2D eigenvalue weighted by Gasteiger charge is -2.13. The first-order valence-electron chi connectivity index (χ1n) is 6.19. The van der Waals surface area contributed by atoms with Crippen LogP contribution < -0.4 is 5.32 Å². The molecule has 0 radical (unpaired) electrons. The number of rotatable bonds is 3. The summed E-state index contributed by atoms with van der Waals surface area (Å²) in [6.07, 6.45) is 4.52. The molecule has 2 atom stereocenters. The van der Waals surface area contributed by atoms with E-state index in [1.807, 2.05) is 30.4 Å². The minimum Gasteiger partial charge on any atom is -0.478 e. The van der Waals surface area contributed by atoms with E-state index < -0.39 is 5.97 Å². The van der Waals surface area contributed by atoms with E-state index in [-0.39, 0.29) is 23.3 Å². The fourth-order valence-corrected chi connectivity index (χ4v) is 2.81. The fraction of sp³-hybridized carbons (Fsp3) is 0.200. The number of fused-ring (bicyclic) bond motifs is 2. The Morgan fingerprint density at radius 1 is 1.05 bits per heavy atom. The minimum absolute atomic E-state index is 0.0557. The van der Waals surface area contributed by atoms with Gasteiger partial charge in [0.15, 0.2) is 0 Å². The molecule has 1 aromatic rings. The van der Waals surface area contributed by atoms with Crippen molar-refractivity contribution in [1.82, 2.24) is 0 Å². The maximum absolute atomic E-state index is 12.3.